The minimum atomic E-state index is -1.03. The summed E-state index contributed by atoms with van der Waals surface area (Å²) in [6, 6.07) is 0. The Bertz CT molecular complexity index is 350. The summed E-state index contributed by atoms with van der Waals surface area (Å²) in [5, 5.41) is 9.08. The van der Waals surface area contributed by atoms with Crippen LogP contribution in [0.1, 0.15) is 0 Å². The van der Waals surface area contributed by atoms with Crippen LogP contribution in [-0.2, 0) is 23.8 Å². The molecule has 2 heterocycles. The first-order valence-electron chi connectivity index (χ1n) is 5.37. The maximum Gasteiger partial charge on any atom is 0.313 e. The highest BCUT2D eigenvalue weighted by Crippen LogP contribution is 2.39. The third-order valence-corrected chi connectivity index (χ3v) is 2.99. The van der Waals surface area contributed by atoms with Crippen molar-refractivity contribution in [3.63, 3.8) is 0 Å². The monoisotopic (exact) mass is 242 g/mol. The summed E-state index contributed by atoms with van der Waals surface area (Å²) >= 11 is 0. The first-order valence-corrected chi connectivity index (χ1v) is 5.37. The summed E-state index contributed by atoms with van der Waals surface area (Å²) in [6.07, 6.45) is 2.41. The van der Waals surface area contributed by atoms with Crippen molar-refractivity contribution in [2.24, 2.45) is 11.8 Å². The summed E-state index contributed by atoms with van der Waals surface area (Å²) in [7, 11) is 1.50. The van der Waals surface area contributed by atoms with Crippen LogP contribution in [0.25, 0.3) is 0 Å². The molecule has 6 heteroatoms. The number of rotatable bonds is 5. The SMILES string of the molecule is COCCOC(=O)[C@@H]1[C@H](C(=O)O)[C@H]2C=C[C@@H]1O2. The van der Waals surface area contributed by atoms with Gasteiger partial charge in [0.1, 0.15) is 18.4 Å². The van der Waals surface area contributed by atoms with E-state index in [4.69, 9.17) is 19.3 Å². The van der Waals surface area contributed by atoms with E-state index in [-0.39, 0.29) is 6.61 Å². The number of hydrogen-bond acceptors (Lipinski definition) is 5. The number of carboxylic acids is 1. The number of carbonyl (C=O) groups is 2. The van der Waals surface area contributed by atoms with Crippen molar-refractivity contribution in [3.05, 3.63) is 12.2 Å². The Morgan fingerprint density at radius 3 is 2.47 bits per heavy atom. The fraction of sp³-hybridized carbons (Fsp3) is 0.636. The van der Waals surface area contributed by atoms with Crippen molar-refractivity contribution < 1.29 is 28.9 Å². The van der Waals surface area contributed by atoms with Crippen LogP contribution in [0.5, 0.6) is 0 Å². The minimum absolute atomic E-state index is 0.124. The lowest BCUT2D eigenvalue weighted by molar-refractivity contribution is -0.157. The summed E-state index contributed by atoms with van der Waals surface area (Å²) in [4.78, 5) is 22.9. The van der Waals surface area contributed by atoms with Crippen molar-refractivity contribution in [1.82, 2.24) is 0 Å². The lowest BCUT2D eigenvalue weighted by atomic mass is 9.83. The second kappa shape index (κ2) is 4.85. The summed E-state index contributed by atoms with van der Waals surface area (Å²) in [6.45, 7) is 0.417. The first kappa shape index (κ1) is 12.1. The van der Waals surface area contributed by atoms with Gasteiger partial charge in [-0.15, -0.1) is 0 Å². The molecule has 2 aliphatic rings. The predicted octanol–water partition coefficient (Wildman–Crippen LogP) is -0.170. The fourth-order valence-electron chi connectivity index (χ4n) is 2.21. The molecular formula is C11H14O6. The highest BCUT2D eigenvalue weighted by atomic mass is 16.6. The maximum atomic E-state index is 11.8. The molecular weight excluding hydrogens is 228 g/mol. The molecule has 1 N–H and O–H groups in total. The Morgan fingerprint density at radius 2 is 1.88 bits per heavy atom. The molecule has 1 fully saturated rings. The molecule has 0 aromatic carbocycles. The standard InChI is InChI=1S/C11H14O6/c1-15-4-5-16-11(14)9-7-3-2-6(17-7)8(9)10(12)13/h2-3,6-9H,4-5H2,1H3,(H,12,13)/t6-,7+,8-,9+/m1/s1. The maximum absolute atomic E-state index is 11.8. The Morgan fingerprint density at radius 1 is 1.24 bits per heavy atom. The normalized spacial score (nSPS) is 33.9. The second-order valence-electron chi connectivity index (χ2n) is 4.00. The molecule has 0 amide bonds. The van der Waals surface area contributed by atoms with Gasteiger partial charge in [0.25, 0.3) is 0 Å². The number of ether oxygens (including phenoxy) is 3. The van der Waals surface area contributed by atoms with Gasteiger partial charge in [-0.2, -0.15) is 0 Å². The summed E-state index contributed by atoms with van der Waals surface area (Å²) in [5.41, 5.74) is 0. The molecule has 6 nitrogen and oxygen atoms in total. The van der Waals surface area contributed by atoms with Crippen molar-refractivity contribution in [2.45, 2.75) is 12.2 Å². The van der Waals surface area contributed by atoms with Crippen LogP contribution < -0.4 is 0 Å². The van der Waals surface area contributed by atoms with Gasteiger partial charge in [-0.1, -0.05) is 12.2 Å². The molecule has 17 heavy (non-hydrogen) atoms. The minimum Gasteiger partial charge on any atom is -0.481 e. The van der Waals surface area contributed by atoms with Gasteiger partial charge >= 0.3 is 11.9 Å². The van der Waals surface area contributed by atoms with Gasteiger partial charge < -0.3 is 19.3 Å². The van der Waals surface area contributed by atoms with E-state index in [2.05, 4.69) is 0 Å². The van der Waals surface area contributed by atoms with Crippen LogP contribution in [0.3, 0.4) is 0 Å². The predicted molar refractivity (Wildman–Crippen MR) is 55.3 cm³/mol. The number of hydrogen-bond donors (Lipinski definition) is 1. The Hall–Kier alpha value is -1.40. The number of esters is 1. The highest BCUT2D eigenvalue weighted by molar-refractivity contribution is 5.84. The Balaban J connectivity index is 2.01. The second-order valence-corrected chi connectivity index (χ2v) is 4.00. The van der Waals surface area contributed by atoms with Gasteiger partial charge in [-0.3, -0.25) is 9.59 Å². The van der Waals surface area contributed by atoms with E-state index in [0.29, 0.717) is 6.61 Å². The highest BCUT2D eigenvalue weighted by Gasteiger charge is 2.53. The van der Waals surface area contributed by atoms with Gasteiger partial charge in [0, 0.05) is 7.11 Å². The van der Waals surface area contributed by atoms with E-state index in [1.54, 1.807) is 12.2 Å². The average Bonchev–Trinajstić information content (AvgIpc) is 2.88. The third-order valence-electron chi connectivity index (χ3n) is 2.99. The zero-order valence-electron chi connectivity index (χ0n) is 9.37. The van der Waals surface area contributed by atoms with Crippen molar-refractivity contribution >= 4 is 11.9 Å². The number of fused-ring (bicyclic) bond motifs is 2. The van der Waals surface area contributed by atoms with Crippen LogP contribution in [0, 0.1) is 11.8 Å². The molecule has 1 saturated heterocycles. The molecule has 0 unspecified atom stereocenters. The largest absolute Gasteiger partial charge is 0.481 e. The fourth-order valence-corrected chi connectivity index (χ4v) is 2.21. The van der Waals surface area contributed by atoms with Gasteiger partial charge in [0.2, 0.25) is 0 Å². The van der Waals surface area contributed by atoms with Crippen LogP contribution in [0.15, 0.2) is 12.2 Å². The molecule has 0 aromatic heterocycles. The summed E-state index contributed by atoms with van der Waals surface area (Å²) < 4.78 is 15.1. The molecule has 94 valence electrons. The van der Waals surface area contributed by atoms with Crippen LogP contribution in [0.2, 0.25) is 0 Å². The van der Waals surface area contributed by atoms with E-state index >= 15 is 0 Å². The average molecular weight is 242 g/mol. The Labute approximate surface area is 98.1 Å². The molecule has 2 bridgehead atoms. The van der Waals surface area contributed by atoms with E-state index in [1.807, 2.05) is 0 Å². The smallest absolute Gasteiger partial charge is 0.313 e. The number of methoxy groups -OCH3 is 1. The molecule has 0 aromatic rings. The molecule has 0 spiro atoms. The zero-order valence-corrected chi connectivity index (χ0v) is 9.37. The molecule has 4 atom stereocenters. The van der Waals surface area contributed by atoms with E-state index in [1.165, 1.54) is 7.11 Å². The lowest BCUT2D eigenvalue weighted by Gasteiger charge is -2.19. The molecule has 0 radical (unpaired) electrons. The molecule has 0 aliphatic carbocycles. The van der Waals surface area contributed by atoms with Crippen molar-refractivity contribution in [1.29, 1.82) is 0 Å². The quantitative estimate of drug-likeness (QED) is 0.409. The lowest BCUT2D eigenvalue weighted by Crippen LogP contribution is -2.37. The number of aliphatic carboxylic acids is 1. The van der Waals surface area contributed by atoms with Gasteiger partial charge in [0.15, 0.2) is 0 Å². The van der Waals surface area contributed by atoms with E-state index in [0.717, 1.165) is 0 Å². The number of carbonyl (C=O) groups excluding carboxylic acids is 1. The van der Waals surface area contributed by atoms with Gasteiger partial charge in [-0.25, -0.2) is 0 Å². The third kappa shape index (κ3) is 2.18. The molecule has 0 saturated carbocycles. The molecule has 2 aliphatic heterocycles. The number of carboxylic acid groups (broad SMARTS) is 1. The topological polar surface area (TPSA) is 82.1 Å². The van der Waals surface area contributed by atoms with Crippen LogP contribution in [-0.4, -0.2) is 49.6 Å². The van der Waals surface area contributed by atoms with E-state index < -0.39 is 36.0 Å². The van der Waals surface area contributed by atoms with Crippen LogP contribution in [0.4, 0.5) is 0 Å². The van der Waals surface area contributed by atoms with Gasteiger partial charge in [0.05, 0.1) is 18.8 Å². The van der Waals surface area contributed by atoms with Gasteiger partial charge in [-0.05, 0) is 0 Å². The van der Waals surface area contributed by atoms with Crippen molar-refractivity contribution in [3.8, 4) is 0 Å². The zero-order chi connectivity index (χ0) is 12.4. The summed E-state index contributed by atoms with van der Waals surface area (Å²) in [5.74, 6) is -3.17. The van der Waals surface area contributed by atoms with Crippen LogP contribution >= 0.6 is 0 Å². The molecule has 2 rings (SSSR count). The van der Waals surface area contributed by atoms with Crippen molar-refractivity contribution in [2.75, 3.05) is 20.3 Å². The Kier molecular flexibility index (Phi) is 3.44. The van der Waals surface area contributed by atoms with E-state index in [9.17, 15) is 9.59 Å². The first-order chi connectivity index (χ1) is 8.15.